The molecule has 0 aliphatic carbocycles. The number of benzene rings is 1. The van der Waals surface area contributed by atoms with E-state index < -0.39 is 17.8 Å². The third-order valence-corrected chi connectivity index (χ3v) is 2.75. The van der Waals surface area contributed by atoms with E-state index in [1.54, 1.807) is 19.1 Å². The second kappa shape index (κ2) is 5.96. The second-order valence-electron chi connectivity index (χ2n) is 3.25. The summed E-state index contributed by atoms with van der Waals surface area (Å²) in [6.45, 7) is 2.01. The maximum Gasteiger partial charge on any atom is 0.307 e. The number of hydrogen-bond acceptors (Lipinski definition) is 3. The molecule has 5 heteroatoms. The highest BCUT2D eigenvalue weighted by Gasteiger charge is 2.18. The molecule has 1 atom stereocenters. The number of esters is 1. The van der Waals surface area contributed by atoms with Crippen LogP contribution < -0.4 is 5.73 Å². The summed E-state index contributed by atoms with van der Waals surface area (Å²) in [6, 6.07) is 3.86. The zero-order valence-corrected chi connectivity index (χ0v) is 10.5. The number of carbonyl (C=O) groups is 1. The fraction of sp³-hybridized carbons (Fsp3) is 0.364. The summed E-state index contributed by atoms with van der Waals surface area (Å²) in [5.41, 5.74) is 6.06. The molecule has 0 amide bonds. The van der Waals surface area contributed by atoms with Crippen molar-refractivity contribution in [1.82, 2.24) is 0 Å². The normalized spacial score (nSPS) is 12.2. The van der Waals surface area contributed by atoms with Crippen molar-refractivity contribution < 1.29 is 13.9 Å². The van der Waals surface area contributed by atoms with Crippen molar-refractivity contribution in [3.05, 3.63) is 34.1 Å². The van der Waals surface area contributed by atoms with E-state index in [1.807, 2.05) is 0 Å². The van der Waals surface area contributed by atoms with E-state index in [-0.39, 0.29) is 6.42 Å². The van der Waals surface area contributed by atoms with Crippen LogP contribution in [0, 0.1) is 5.82 Å². The van der Waals surface area contributed by atoms with Gasteiger partial charge in [0.2, 0.25) is 0 Å². The molecule has 0 unspecified atom stereocenters. The zero-order chi connectivity index (χ0) is 12.1. The summed E-state index contributed by atoms with van der Waals surface area (Å²) in [5, 5.41) is 0. The molecule has 0 spiro atoms. The van der Waals surface area contributed by atoms with Crippen molar-refractivity contribution in [3.8, 4) is 0 Å². The molecule has 0 bridgehead atoms. The van der Waals surface area contributed by atoms with Crippen LogP contribution in [0.4, 0.5) is 4.39 Å². The highest BCUT2D eigenvalue weighted by Crippen LogP contribution is 2.26. The van der Waals surface area contributed by atoms with Gasteiger partial charge >= 0.3 is 5.97 Å². The predicted octanol–water partition coefficient (Wildman–Crippen LogP) is 2.54. The first-order valence-electron chi connectivity index (χ1n) is 4.91. The Labute approximate surface area is 102 Å². The van der Waals surface area contributed by atoms with E-state index in [1.165, 1.54) is 6.07 Å². The van der Waals surface area contributed by atoms with Gasteiger partial charge in [0, 0.05) is 16.1 Å². The first-order chi connectivity index (χ1) is 7.56. The van der Waals surface area contributed by atoms with Crippen LogP contribution in [0.1, 0.15) is 24.9 Å². The molecule has 0 aliphatic rings. The lowest BCUT2D eigenvalue weighted by Crippen LogP contribution is -2.18. The summed E-state index contributed by atoms with van der Waals surface area (Å²) >= 11 is 3.20. The van der Waals surface area contributed by atoms with Gasteiger partial charge in [0.1, 0.15) is 5.82 Å². The highest BCUT2D eigenvalue weighted by atomic mass is 79.9. The Balaban J connectivity index is 2.80. The average Bonchev–Trinajstić information content (AvgIpc) is 2.17. The number of nitrogens with two attached hydrogens (primary N) is 1. The number of ether oxygens (including phenoxy) is 1. The molecule has 0 radical (unpaired) electrons. The van der Waals surface area contributed by atoms with Crippen LogP contribution in [0.25, 0.3) is 0 Å². The molecule has 0 fully saturated rings. The third-order valence-electron chi connectivity index (χ3n) is 2.06. The zero-order valence-electron chi connectivity index (χ0n) is 8.87. The Morgan fingerprint density at radius 1 is 1.62 bits per heavy atom. The summed E-state index contributed by atoms with van der Waals surface area (Å²) in [4.78, 5) is 11.2. The lowest BCUT2D eigenvalue weighted by Gasteiger charge is -2.13. The maximum atomic E-state index is 13.5. The Kier molecular flexibility index (Phi) is 4.89. The fourth-order valence-corrected chi connectivity index (χ4v) is 2.00. The van der Waals surface area contributed by atoms with Gasteiger partial charge in [-0.25, -0.2) is 4.39 Å². The Bertz CT molecular complexity index is 364. The first-order valence-corrected chi connectivity index (χ1v) is 5.70. The minimum Gasteiger partial charge on any atom is -0.466 e. The van der Waals surface area contributed by atoms with Crippen molar-refractivity contribution in [2.24, 2.45) is 5.73 Å². The summed E-state index contributed by atoms with van der Waals surface area (Å²) < 4.78 is 18.8. The van der Waals surface area contributed by atoms with E-state index >= 15 is 0 Å². The molecular weight excluding hydrogens is 277 g/mol. The van der Waals surface area contributed by atoms with Gasteiger partial charge in [0.05, 0.1) is 13.0 Å². The van der Waals surface area contributed by atoms with Crippen molar-refractivity contribution in [3.63, 3.8) is 0 Å². The Morgan fingerprint density at radius 3 is 2.88 bits per heavy atom. The molecule has 3 nitrogen and oxygen atoms in total. The molecule has 88 valence electrons. The molecule has 1 aromatic rings. The predicted molar refractivity (Wildman–Crippen MR) is 62.3 cm³/mol. The Morgan fingerprint density at radius 2 is 2.31 bits per heavy atom. The minimum atomic E-state index is -0.699. The second-order valence-corrected chi connectivity index (χ2v) is 4.11. The van der Waals surface area contributed by atoms with Crippen LogP contribution >= 0.6 is 15.9 Å². The van der Waals surface area contributed by atoms with Gasteiger partial charge in [-0.15, -0.1) is 0 Å². The smallest absolute Gasteiger partial charge is 0.307 e. The van der Waals surface area contributed by atoms with Crippen LogP contribution in [-0.4, -0.2) is 12.6 Å². The highest BCUT2D eigenvalue weighted by molar-refractivity contribution is 9.10. The molecule has 0 aliphatic heterocycles. The number of rotatable bonds is 4. The quantitative estimate of drug-likeness (QED) is 0.867. The van der Waals surface area contributed by atoms with E-state index in [2.05, 4.69) is 15.9 Å². The van der Waals surface area contributed by atoms with E-state index in [0.717, 1.165) is 0 Å². The monoisotopic (exact) mass is 289 g/mol. The lowest BCUT2D eigenvalue weighted by molar-refractivity contribution is -0.143. The van der Waals surface area contributed by atoms with Gasteiger partial charge in [0.25, 0.3) is 0 Å². The third kappa shape index (κ3) is 3.28. The van der Waals surface area contributed by atoms with Crippen LogP contribution in [0.5, 0.6) is 0 Å². The summed E-state index contributed by atoms with van der Waals surface area (Å²) in [6.07, 6.45) is -0.0344. The van der Waals surface area contributed by atoms with Gasteiger partial charge in [-0.1, -0.05) is 22.0 Å². The van der Waals surface area contributed by atoms with Crippen molar-refractivity contribution in [2.75, 3.05) is 6.61 Å². The molecule has 0 saturated heterocycles. The van der Waals surface area contributed by atoms with Gasteiger partial charge in [-0.3, -0.25) is 4.79 Å². The SMILES string of the molecule is CCOC(=O)C[C@@H](N)c1c(F)cccc1Br. The van der Waals surface area contributed by atoms with Crippen molar-refractivity contribution >= 4 is 21.9 Å². The topological polar surface area (TPSA) is 52.3 Å². The minimum absolute atomic E-state index is 0.0344. The van der Waals surface area contributed by atoms with Crippen LogP contribution in [0.3, 0.4) is 0 Å². The number of carbonyl (C=O) groups excluding carboxylic acids is 1. The first kappa shape index (κ1) is 13.1. The lowest BCUT2D eigenvalue weighted by atomic mass is 10.0. The van der Waals surface area contributed by atoms with E-state index in [9.17, 15) is 9.18 Å². The molecule has 16 heavy (non-hydrogen) atoms. The van der Waals surface area contributed by atoms with E-state index in [4.69, 9.17) is 10.5 Å². The summed E-state index contributed by atoms with van der Waals surface area (Å²) in [5.74, 6) is -0.851. The van der Waals surface area contributed by atoms with Gasteiger partial charge < -0.3 is 10.5 Å². The molecule has 1 rings (SSSR count). The summed E-state index contributed by atoms with van der Waals surface area (Å²) in [7, 11) is 0. The largest absolute Gasteiger partial charge is 0.466 e. The van der Waals surface area contributed by atoms with Gasteiger partial charge in [-0.05, 0) is 19.1 Å². The molecule has 0 heterocycles. The molecule has 0 aromatic heterocycles. The number of hydrogen-bond donors (Lipinski definition) is 1. The van der Waals surface area contributed by atoms with Gasteiger partial charge in [0.15, 0.2) is 0 Å². The van der Waals surface area contributed by atoms with E-state index in [0.29, 0.717) is 16.6 Å². The molecule has 1 aromatic carbocycles. The Hall–Kier alpha value is -0.940. The fourth-order valence-electron chi connectivity index (χ4n) is 1.37. The number of halogens is 2. The van der Waals surface area contributed by atoms with Gasteiger partial charge in [-0.2, -0.15) is 0 Å². The van der Waals surface area contributed by atoms with Crippen molar-refractivity contribution in [2.45, 2.75) is 19.4 Å². The van der Waals surface area contributed by atoms with Crippen molar-refractivity contribution in [1.29, 1.82) is 0 Å². The standard InChI is InChI=1S/C11H13BrFNO2/c1-2-16-10(15)6-9(14)11-7(12)4-3-5-8(11)13/h3-5,9H,2,6,14H2,1H3/t9-/m1/s1. The van der Waals surface area contributed by atoms with Crippen LogP contribution in [0.2, 0.25) is 0 Å². The molecule has 2 N–H and O–H groups in total. The van der Waals surface area contributed by atoms with Crippen LogP contribution in [0.15, 0.2) is 22.7 Å². The maximum absolute atomic E-state index is 13.5. The molecular formula is C11H13BrFNO2. The average molecular weight is 290 g/mol. The molecule has 0 saturated carbocycles. The van der Waals surface area contributed by atoms with Crippen LogP contribution in [-0.2, 0) is 9.53 Å².